The second-order valence-electron chi connectivity index (χ2n) is 9.05. The summed E-state index contributed by atoms with van der Waals surface area (Å²) in [6, 6.07) is 34.7. The topological polar surface area (TPSA) is 50.9 Å². The van der Waals surface area contributed by atoms with Crippen molar-refractivity contribution in [3.63, 3.8) is 0 Å². The average Bonchev–Trinajstić information content (AvgIpc) is 3.68. The highest BCUT2D eigenvalue weighted by molar-refractivity contribution is 7.13. The maximum absolute atomic E-state index is 10.8. The van der Waals surface area contributed by atoms with Gasteiger partial charge in [-0.1, -0.05) is 66.7 Å². The summed E-state index contributed by atoms with van der Waals surface area (Å²) in [6.07, 6.45) is -0.161. The first-order valence-electron chi connectivity index (χ1n) is 14.0. The van der Waals surface area contributed by atoms with Crippen LogP contribution in [0.1, 0.15) is 4.11 Å². The number of phenolic OH excluding ortho intramolecular Hbond substituents is 1. The minimum atomic E-state index is -0.161. The molecule has 1 N–H and O–H groups in total. The van der Waals surface area contributed by atoms with E-state index >= 15 is 0 Å². The molecule has 39 heavy (non-hydrogen) atoms. The molecule has 7 rings (SSSR count). The highest BCUT2D eigenvalue weighted by Crippen LogP contribution is 2.38. The van der Waals surface area contributed by atoms with Crippen LogP contribution in [0.2, 0.25) is 0 Å². The molecule has 0 unspecified atom stereocenters. The van der Waals surface area contributed by atoms with E-state index in [9.17, 15) is 5.11 Å². The monoisotopic (exact) mass is 524 g/mol. The summed E-state index contributed by atoms with van der Waals surface area (Å²) in [5, 5.41) is 12.7. The van der Waals surface area contributed by atoms with E-state index in [1.165, 1.54) is 11.3 Å². The molecule has 4 nitrogen and oxygen atoms in total. The van der Waals surface area contributed by atoms with Gasteiger partial charge in [-0.05, 0) is 71.1 Å². The number of para-hydroxylation sites is 3. The van der Waals surface area contributed by atoms with Crippen LogP contribution in [-0.4, -0.2) is 19.6 Å². The third-order valence-corrected chi connectivity index (χ3v) is 7.54. The molecule has 0 aliphatic rings. The van der Waals surface area contributed by atoms with Gasteiger partial charge in [0, 0.05) is 27.9 Å². The molecule has 3 heterocycles. The third kappa shape index (κ3) is 4.19. The molecule has 0 saturated heterocycles. The van der Waals surface area contributed by atoms with Crippen molar-refractivity contribution in [1.82, 2.24) is 14.5 Å². The van der Waals surface area contributed by atoms with Crippen LogP contribution in [0.4, 0.5) is 0 Å². The van der Waals surface area contributed by atoms with Crippen molar-refractivity contribution in [1.29, 1.82) is 0 Å². The Morgan fingerprint density at radius 1 is 0.744 bits per heavy atom. The Bertz CT molecular complexity index is 2090. The molecule has 0 aliphatic carbocycles. The quantitative estimate of drug-likeness (QED) is 0.245. The highest BCUT2D eigenvalue weighted by atomic mass is 32.1. The molecule has 0 fully saturated rings. The molecule has 0 spiro atoms. The van der Waals surface area contributed by atoms with E-state index in [-0.39, 0.29) is 24.0 Å². The van der Waals surface area contributed by atoms with Gasteiger partial charge in [-0.15, -0.1) is 11.3 Å². The van der Waals surface area contributed by atoms with E-state index in [0.717, 1.165) is 32.7 Å². The lowest BCUT2D eigenvalue weighted by Crippen LogP contribution is -1.97. The van der Waals surface area contributed by atoms with Gasteiger partial charge in [0.15, 0.2) is 0 Å². The van der Waals surface area contributed by atoms with Gasteiger partial charge in [0.25, 0.3) is 0 Å². The Hall–Kier alpha value is -5.00. The van der Waals surface area contributed by atoms with Crippen LogP contribution in [0, 0.1) is 0 Å². The Kier molecular flexibility index (Phi) is 4.98. The van der Waals surface area contributed by atoms with Gasteiger partial charge in [0.05, 0.1) is 26.4 Å². The van der Waals surface area contributed by atoms with Gasteiger partial charge >= 0.3 is 0 Å². The van der Waals surface area contributed by atoms with Gasteiger partial charge in [0.2, 0.25) is 0 Å². The zero-order valence-electron chi connectivity index (χ0n) is 23.7. The molecule has 0 radical (unpaired) electrons. The number of hydrogen-bond donors (Lipinski definition) is 1. The summed E-state index contributed by atoms with van der Waals surface area (Å²) < 4.78 is 27.8. The van der Waals surface area contributed by atoms with Crippen LogP contribution >= 0.6 is 11.3 Å². The summed E-state index contributed by atoms with van der Waals surface area (Å²) in [4.78, 5) is 10.2. The molecule has 0 saturated carbocycles. The molecule has 0 amide bonds. The Balaban J connectivity index is 1.44. The fourth-order valence-electron chi connectivity index (χ4n) is 4.85. The van der Waals surface area contributed by atoms with Crippen LogP contribution in [0.5, 0.6) is 5.75 Å². The number of pyridine rings is 1. The number of imidazole rings is 1. The minimum absolute atomic E-state index is 0.0460. The fourth-order valence-corrected chi connectivity index (χ4v) is 5.53. The van der Waals surface area contributed by atoms with E-state index < -0.39 is 0 Å². The number of aromatic hydroxyl groups is 1. The number of hydrogen-bond acceptors (Lipinski definition) is 4. The molecule has 0 atom stereocenters. The van der Waals surface area contributed by atoms with Crippen molar-refractivity contribution in [2.24, 2.45) is 0 Å². The van der Waals surface area contributed by atoms with Gasteiger partial charge in [-0.3, -0.25) is 9.55 Å². The highest BCUT2D eigenvalue weighted by Gasteiger charge is 2.19. The van der Waals surface area contributed by atoms with Crippen LogP contribution < -0.4 is 0 Å². The normalized spacial score (nSPS) is 12.3. The second-order valence-corrected chi connectivity index (χ2v) is 10.00. The molecule has 0 bridgehead atoms. The van der Waals surface area contributed by atoms with Gasteiger partial charge < -0.3 is 5.11 Å². The van der Waals surface area contributed by atoms with E-state index in [1.807, 2.05) is 107 Å². The lowest BCUT2D eigenvalue weighted by atomic mass is 9.99. The first-order valence-corrected chi connectivity index (χ1v) is 13.4. The minimum Gasteiger partial charge on any atom is -0.507 e. The van der Waals surface area contributed by atoms with Crippen molar-refractivity contribution in [3.8, 4) is 55.6 Å². The van der Waals surface area contributed by atoms with Crippen LogP contribution in [-0.2, 0) is 0 Å². The van der Waals surface area contributed by atoms with Gasteiger partial charge in [0.1, 0.15) is 11.6 Å². The third-order valence-electron chi connectivity index (χ3n) is 6.65. The average molecular weight is 525 g/mol. The van der Waals surface area contributed by atoms with Crippen molar-refractivity contribution >= 4 is 22.4 Å². The second kappa shape index (κ2) is 9.71. The van der Waals surface area contributed by atoms with Crippen LogP contribution in [0.25, 0.3) is 60.9 Å². The zero-order valence-corrected chi connectivity index (χ0v) is 21.5. The Labute approximate surface area is 234 Å². The summed E-state index contributed by atoms with van der Waals surface area (Å²) in [5.41, 5.74) is 6.41. The smallest absolute Gasteiger partial charge is 0.149 e. The molecule has 186 valence electrons. The molecular formula is C34H23N3OS. The summed E-state index contributed by atoms with van der Waals surface area (Å²) >= 11 is 1.44. The van der Waals surface area contributed by atoms with Crippen LogP contribution in [0.3, 0.4) is 0 Å². The van der Waals surface area contributed by atoms with E-state index in [2.05, 4.69) is 4.98 Å². The maximum atomic E-state index is 10.8. The molecular weight excluding hydrogens is 498 g/mol. The van der Waals surface area contributed by atoms with Crippen molar-refractivity contribution < 1.29 is 9.22 Å². The predicted octanol–water partition coefficient (Wildman–Crippen LogP) is 8.86. The Morgan fingerprint density at radius 3 is 2.38 bits per heavy atom. The molecule has 4 aromatic carbocycles. The summed E-state index contributed by atoms with van der Waals surface area (Å²) in [5.74, 6) is 0.770. The SMILES string of the molecule is [2H]c1nc(-c2cccc(-c3cccc4c3nc(-c3ccccc3O)n4-c3ccccc3)c2)c([2H])c(-c2cccs2)c1[2H]. The number of fused-ring (bicyclic) bond motifs is 1. The molecule has 0 aliphatic heterocycles. The lowest BCUT2D eigenvalue weighted by Gasteiger charge is -2.11. The number of rotatable bonds is 5. The number of phenols is 1. The first kappa shape index (κ1) is 20.0. The summed E-state index contributed by atoms with van der Waals surface area (Å²) in [7, 11) is 0. The maximum Gasteiger partial charge on any atom is 0.149 e. The first-order chi connectivity index (χ1) is 20.5. The molecule has 5 heteroatoms. The van der Waals surface area contributed by atoms with Crippen molar-refractivity contribution in [2.45, 2.75) is 0 Å². The Morgan fingerprint density at radius 2 is 1.54 bits per heavy atom. The lowest BCUT2D eigenvalue weighted by molar-refractivity contribution is 0.477. The fraction of sp³-hybridized carbons (Fsp3) is 0. The zero-order chi connectivity index (χ0) is 28.8. The number of thiophene rings is 1. The standard InChI is InChI=1S/C34H23N3OS/c38-31-16-5-4-13-28(31)34-36-33-27(14-7-15-30(33)37(34)26-11-2-1-3-12-26)23-9-6-10-24(21-23)29-22-25(18-19-35-29)32-17-8-20-39-32/h1-22,38H/i18D,19D,22D. The molecule has 3 aromatic heterocycles. The van der Waals surface area contributed by atoms with E-state index in [1.54, 1.807) is 12.1 Å². The number of aromatic nitrogens is 3. The van der Waals surface area contributed by atoms with Crippen LogP contribution in [0.15, 0.2) is 133 Å². The van der Waals surface area contributed by atoms with Gasteiger partial charge in [-0.25, -0.2) is 4.98 Å². The predicted molar refractivity (Wildman–Crippen MR) is 160 cm³/mol. The van der Waals surface area contributed by atoms with E-state index in [4.69, 9.17) is 9.10 Å². The van der Waals surface area contributed by atoms with Crippen molar-refractivity contribution in [2.75, 3.05) is 0 Å². The largest absolute Gasteiger partial charge is 0.507 e. The summed E-state index contributed by atoms with van der Waals surface area (Å²) in [6.45, 7) is 0. The number of nitrogens with zero attached hydrogens (tertiary/aromatic N) is 3. The van der Waals surface area contributed by atoms with E-state index in [0.29, 0.717) is 28.2 Å². The van der Waals surface area contributed by atoms with Gasteiger partial charge in [-0.2, -0.15) is 0 Å². The van der Waals surface area contributed by atoms with Crippen molar-refractivity contribution in [3.05, 3.63) is 133 Å². The molecule has 7 aromatic rings. The number of benzene rings is 4.